The minimum Gasteiger partial charge on any atom is -0.497 e. The fraction of sp³-hybridized carbons (Fsp3) is 0.294. The Morgan fingerprint density at radius 1 is 1.35 bits per heavy atom. The number of carbonyl (C=O) groups excluding carboxylic acids is 1. The summed E-state index contributed by atoms with van der Waals surface area (Å²) < 4.78 is 10.3. The van der Waals surface area contributed by atoms with E-state index in [9.17, 15) is 4.79 Å². The van der Waals surface area contributed by atoms with Crippen LogP contribution in [0.1, 0.15) is 27.4 Å². The van der Waals surface area contributed by atoms with Crippen LogP contribution in [0.2, 0.25) is 0 Å². The largest absolute Gasteiger partial charge is 0.497 e. The number of carbonyl (C=O) groups is 1. The van der Waals surface area contributed by atoms with Gasteiger partial charge in [-0.05, 0) is 44.2 Å². The van der Waals surface area contributed by atoms with Crippen LogP contribution in [0.5, 0.6) is 5.75 Å². The van der Waals surface area contributed by atoms with Gasteiger partial charge in [0.05, 0.1) is 17.8 Å². The van der Waals surface area contributed by atoms with Gasteiger partial charge in [0.2, 0.25) is 0 Å². The van der Waals surface area contributed by atoms with Gasteiger partial charge in [0, 0.05) is 23.4 Å². The molecule has 0 spiro atoms. The number of aromatic nitrogens is 1. The minimum absolute atomic E-state index is 0.00402. The first-order valence-electron chi connectivity index (χ1n) is 7.33. The third-order valence-corrected chi connectivity index (χ3v) is 4.79. The van der Waals surface area contributed by atoms with Gasteiger partial charge in [0.1, 0.15) is 11.5 Å². The van der Waals surface area contributed by atoms with E-state index in [-0.39, 0.29) is 5.91 Å². The summed E-state index contributed by atoms with van der Waals surface area (Å²) in [6.07, 6.45) is 1.99. The molecule has 2 aromatic rings. The summed E-state index contributed by atoms with van der Waals surface area (Å²) >= 11 is 1.67. The highest BCUT2D eigenvalue weighted by Gasteiger charge is 2.26. The molecule has 1 aromatic carbocycles. The lowest BCUT2D eigenvalue weighted by molar-refractivity contribution is 0.0831. The maximum absolute atomic E-state index is 12.7. The molecule has 0 N–H and O–H groups in total. The lowest BCUT2D eigenvalue weighted by Gasteiger charge is -2.17. The topological polar surface area (TPSA) is 55.6 Å². The van der Waals surface area contributed by atoms with Gasteiger partial charge in [-0.1, -0.05) is 5.16 Å². The van der Waals surface area contributed by atoms with Gasteiger partial charge in [0.25, 0.3) is 5.91 Å². The second-order valence-electron chi connectivity index (χ2n) is 5.25. The number of hydrogen-bond donors (Lipinski definition) is 0. The SMILES string of the molecule is COc1ccc(C(=O)N2CCS/C2=C/c2c(C)noc2C)cc1. The number of ether oxygens (including phenoxy) is 1. The average molecular weight is 330 g/mol. The van der Waals surface area contributed by atoms with Gasteiger partial charge in [-0.15, -0.1) is 11.8 Å². The van der Waals surface area contributed by atoms with Crippen LogP contribution in [0, 0.1) is 13.8 Å². The predicted octanol–water partition coefficient (Wildman–Crippen LogP) is 3.49. The second kappa shape index (κ2) is 6.50. The van der Waals surface area contributed by atoms with E-state index in [1.807, 2.05) is 19.9 Å². The van der Waals surface area contributed by atoms with Crippen molar-refractivity contribution in [3.63, 3.8) is 0 Å². The molecule has 120 valence electrons. The third-order valence-electron chi connectivity index (χ3n) is 3.77. The first kappa shape index (κ1) is 15.7. The predicted molar refractivity (Wildman–Crippen MR) is 90.4 cm³/mol. The zero-order valence-corrected chi connectivity index (χ0v) is 14.1. The lowest BCUT2D eigenvalue weighted by atomic mass is 10.2. The van der Waals surface area contributed by atoms with Crippen LogP contribution >= 0.6 is 11.8 Å². The molecule has 0 aliphatic carbocycles. The molecule has 1 fully saturated rings. The molecule has 1 aliphatic heterocycles. The van der Waals surface area contributed by atoms with Crippen LogP contribution in [0.4, 0.5) is 0 Å². The van der Waals surface area contributed by atoms with E-state index in [0.717, 1.165) is 33.5 Å². The third kappa shape index (κ3) is 3.12. The fourth-order valence-electron chi connectivity index (χ4n) is 2.46. The van der Waals surface area contributed by atoms with Crippen LogP contribution in [0.15, 0.2) is 33.8 Å². The molecule has 0 unspecified atom stereocenters. The number of amides is 1. The Morgan fingerprint density at radius 2 is 2.09 bits per heavy atom. The molecule has 0 saturated carbocycles. The van der Waals surface area contributed by atoms with Crippen LogP contribution in [0.25, 0.3) is 6.08 Å². The van der Waals surface area contributed by atoms with Crippen LogP contribution in [0.3, 0.4) is 0 Å². The first-order valence-corrected chi connectivity index (χ1v) is 8.32. The summed E-state index contributed by atoms with van der Waals surface area (Å²) in [5.41, 5.74) is 2.43. The normalized spacial score (nSPS) is 16.1. The summed E-state index contributed by atoms with van der Waals surface area (Å²) in [4.78, 5) is 14.6. The number of nitrogens with zero attached hydrogens (tertiary/aromatic N) is 2. The monoisotopic (exact) mass is 330 g/mol. The van der Waals surface area contributed by atoms with E-state index in [2.05, 4.69) is 5.16 Å². The van der Waals surface area contributed by atoms with E-state index in [0.29, 0.717) is 12.1 Å². The van der Waals surface area contributed by atoms with Crippen LogP contribution < -0.4 is 4.74 Å². The van der Waals surface area contributed by atoms with E-state index >= 15 is 0 Å². The molecule has 0 atom stereocenters. The highest BCUT2D eigenvalue weighted by Crippen LogP contribution is 2.32. The van der Waals surface area contributed by atoms with Gasteiger partial charge < -0.3 is 14.2 Å². The Labute approximate surface area is 139 Å². The number of hydrogen-bond acceptors (Lipinski definition) is 5. The molecule has 1 aromatic heterocycles. The Balaban J connectivity index is 1.87. The Hall–Kier alpha value is -2.21. The number of aryl methyl sites for hydroxylation is 2. The van der Waals surface area contributed by atoms with Crippen molar-refractivity contribution in [3.05, 3.63) is 51.9 Å². The molecule has 1 saturated heterocycles. The first-order chi connectivity index (χ1) is 11.1. The summed E-state index contributed by atoms with van der Waals surface area (Å²) in [5.74, 6) is 2.38. The summed E-state index contributed by atoms with van der Waals surface area (Å²) in [6, 6.07) is 7.18. The zero-order chi connectivity index (χ0) is 16.4. The highest BCUT2D eigenvalue weighted by molar-refractivity contribution is 8.03. The van der Waals surface area contributed by atoms with Crippen molar-refractivity contribution in [3.8, 4) is 5.75 Å². The van der Waals surface area contributed by atoms with Crippen molar-refractivity contribution < 1.29 is 14.1 Å². The van der Waals surface area contributed by atoms with E-state index < -0.39 is 0 Å². The lowest BCUT2D eigenvalue weighted by Crippen LogP contribution is -2.26. The van der Waals surface area contributed by atoms with Crippen molar-refractivity contribution in [2.24, 2.45) is 0 Å². The van der Waals surface area contributed by atoms with Gasteiger partial charge >= 0.3 is 0 Å². The number of benzene rings is 1. The standard InChI is InChI=1S/C17H18N2O3S/c1-11-15(12(2)22-18-11)10-16-19(8-9-23-16)17(20)13-4-6-14(21-3)7-5-13/h4-7,10H,8-9H2,1-3H3/b16-10+. The van der Waals surface area contributed by atoms with Gasteiger partial charge in [-0.3, -0.25) is 4.79 Å². The molecule has 5 nitrogen and oxygen atoms in total. The fourth-order valence-corrected chi connectivity index (χ4v) is 3.47. The van der Waals surface area contributed by atoms with Crippen LogP contribution in [-0.4, -0.2) is 35.4 Å². The van der Waals surface area contributed by atoms with E-state index in [1.165, 1.54) is 0 Å². The van der Waals surface area contributed by atoms with Gasteiger partial charge in [-0.2, -0.15) is 0 Å². The minimum atomic E-state index is -0.00402. The van der Waals surface area contributed by atoms with E-state index in [4.69, 9.17) is 9.26 Å². The van der Waals surface area contributed by atoms with Crippen molar-refractivity contribution >= 4 is 23.7 Å². The molecule has 6 heteroatoms. The molecule has 0 bridgehead atoms. The number of thioether (sulfide) groups is 1. The molecule has 1 amide bonds. The maximum Gasteiger partial charge on any atom is 0.258 e. The second-order valence-corrected chi connectivity index (χ2v) is 6.37. The smallest absolute Gasteiger partial charge is 0.258 e. The zero-order valence-electron chi connectivity index (χ0n) is 13.3. The van der Waals surface area contributed by atoms with Crippen molar-refractivity contribution in [2.75, 3.05) is 19.4 Å². The van der Waals surface area contributed by atoms with Crippen LogP contribution in [-0.2, 0) is 0 Å². The maximum atomic E-state index is 12.7. The molecular formula is C17H18N2O3S. The highest BCUT2D eigenvalue weighted by atomic mass is 32.2. The van der Waals surface area contributed by atoms with Gasteiger partial charge in [0.15, 0.2) is 0 Å². The molecule has 0 radical (unpaired) electrons. The molecule has 23 heavy (non-hydrogen) atoms. The summed E-state index contributed by atoms with van der Waals surface area (Å²) in [5, 5.41) is 4.89. The van der Waals surface area contributed by atoms with E-state index in [1.54, 1.807) is 48.0 Å². The molecular weight excluding hydrogens is 312 g/mol. The quantitative estimate of drug-likeness (QED) is 0.862. The number of methoxy groups -OCH3 is 1. The van der Waals surface area contributed by atoms with Crippen molar-refractivity contribution in [2.45, 2.75) is 13.8 Å². The van der Waals surface area contributed by atoms with Gasteiger partial charge in [-0.25, -0.2) is 0 Å². The molecule has 2 heterocycles. The Morgan fingerprint density at radius 3 is 2.70 bits per heavy atom. The average Bonchev–Trinajstić information content (AvgIpc) is 3.16. The van der Waals surface area contributed by atoms with Crippen molar-refractivity contribution in [1.29, 1.82) is 0 Å². The van der Waals surface area contributed by atoms with Crippen molar-refractivity contribution in [1.82, 2.24) is 10.1 Å². The summed E-state index contributed by atoms with van der Waals surface area (Å²) in [7, 11) is 1.61. The Bertz CT molecular complexity index is 730. The number of rotatable bonds is 3. The Kier molecular flexibility index (Phi) is 4.43. The molecule has 1 aliphatic rings. The summed E-state index contributed by atoms with van der Waals surface area (Å²) in [6.45, 7) is 4.48. The molecule has 3 rings (SSSR count).